The third kappa shape index (κ3) is 2.28. The van der Waals surface area contributed by atoms with Gasteiger partial charge in [0.25, 0.3) is 5.69 Å². The van der Waals surface area contributed by atoms with E-state index in [-0.39, 0.29) is 17.4 Å². The highest BCUT2D eigenvalue weighted by Gasteiger charge is 2.49. The smallest absolute Gasteiger partial charge is 0.338 e. The largest absolute Gasteiger partial charge is 0.458 e. The third-order valence-electron chi connectivity index (χ3n) is 5.68. The van der Waals surface area contributed by atoms with E-state index in [0.29, 0.717) is 11.8 Å². The molecule has 4 fully saturated rings. The Morgan fingerprint density at radius 1 is 1.09 bits per heavy atom. The SMILES string of the molecule is O=C(OC1C2CC3CC(C2)CC1C3)c1cccc([N+](=O)[O-])c1. The van der Waals surface area contributed by atoms with Crippen LogP contribution < -0.4 is 0 Å². The number of hydrogen-bond acceptors (Lipinski definition) is 4. The molecule has 0 radical (unpaired) electrons. The topological polar surface area (TPSA) is 69.4 Å². The van der Waals surface area contributed by atoms with Crippen molar-refractivity contribution in [2.75, 3.05) is 0 Å². The Hall–Kier alpha value is -1.91. The van der Waals surface area contributed by atoms with Crippen LogP contribution in [-0.4, -0.2) is 17.0 Å². The van der Waals surface area contributed by atoms with Gasteiger partial charge in [-0.3, -0.25) is 10.1 Å². The van der Waals surface area contributed by atoms with E-state index in [1.807, 2.05) is 0 Å². The second-order valence-electron chi connectivity index (χ2n) is 7.11. The minimum Gasteiger partial charge on any atom is -0.458 e. The molecular formula is C17H19NO4. The molecule has 4 bridgehead atoms. The van der Waals surface area contributed by atoms with E-state index in [1.165, 1.54) is 50.3 Å². The molecule has 4 aliphatic carbocycles. The number of esters is 1. The van der Waals surface area contributed by atoms with Crippen molar-refractivity contribution in [1.82, 2.24) is 0 Å². The van der Waals surface area contributed by atoms with Crippen LogP contribution >= 0.6 is 0 Å². The number of nitro groups is 1. The van der Waals surface area contributed by atoms with E-state index < -0.39 is 10.9 Å². The molecule has 0 aliphatic heterocycles. The Balaban J connectivity index is 1.50. The van der Waals surface area contributed by atoms with Gasteiger partial charge in [-0.05, 0) is 61.8 Å². The van der Waals surface area contributed by atoms with E-state index in [0.717, 1.165) is 11.8 Å². The average molecular weight is 301 g/mol. The minimum absolute atomic E-state index is 0.0135. The summed E-state index contributed by atoms with van der Waals surface area (Å²) in [7, 11) is 0. The van der Waals surface area contributed by atoms with Crippen molar-refractivity contribution in [2.45, 2.75) is 38.2 Å². The zero-order valence-electron chi connectivity index (χ0n) is 12.3. The van der Waals surface area contributed by atoms with Crippen molar-refractivity contribution in [2.24, 2.45) is 23.7 Å². The van der Waals surface area contributed by atoms with Crippen LogP contribution in [0.3, 0.4) is 0 Å². The van der Waals surface area contributed by atoms with Crippen LogP contribution in [0.25, 0.3) is 0 Å². The lowest BCUT2D eigenvalue weighted by Gasteiger charge is -2.53. The molecule has 5 heteroatoms. The zero-order valence-corrected chi connectivity index (χ0v) is 12.3. The second-order valence-corrected chi connectivity index (χ2v) is 7.11. The molecule has 1 aromatic rings. The molecule has 5 rings (SSSR count). The van der Waals surface area contributed by atoms with Gasteiger partial charge >= 0.3 is 5.97 Å². The van der Waals surface area contributed by atoms with Crippen LogP contribution in [0.5, 0.6) is 0 Å². The Bertz CT molecular complexity index is 599. The first kappa shape index (κ1) is 13.7. The minimum atomic E-state index is -0.486. The Morgan fingerprint density at radius 3 is 2.32 bits per heavy atom. The fourth-order valence-electron chi connectivity index (χ4n) is 5.01. The summed E-state index contributed by atoms with van der Waals surface area (Å²) >= 11 is 0. The first-order chi connectivity index (χ1) is 10.6. The molecular weight excluding hydrogens is 282 g/mol. The summed E-state index contributed by atoms with van der Waals surface area (Å²) in [5, 5.41) is 10.8. The van der Waals surface area contributed by atoms with Gasteiger partial charge < -0.3 is 4.74 Å². The highest BCUT2D eigenvalue weighted by molar-refractivity contribution is 5.90. The summed E-state index contributed by atoms with van der Waals surface area (Å²) in [5.74, 6) is 2.24. The van der Waals surface area contributed by atoms with Crippen molar-refractivity contribution in [1.29, 1.82) is 0 Å². The molecule has 0 spiro atoms. The van der Waals surface area contributed by atoms with Gasteiger partial charge in [-0.25, -0.2) is 4.79 Å². The maximum atomic E-state index is 12.4. The molecule has 1 aromatic carbocycles. The van der Waals surface area contributed by atoms with Crippen molar-refractivity contribution in [3.63, 3.8) is 0 Å². The summed E-state index contributed by atoms with van der Waals surface area (Å²) in [4.78, 5) is 22.7. The molecule has 5 nitrogen and oxygen atoms in total. The molecule has 0 atom stereocenters. The summed E-state index contributed by atoms with van der Waals surface area (Å²) < 4.78 is 5.79. The molecule has 22 heavy (non-hydrogen) atoms. The van der Waals surface area contributed by atoms with Crippen LogP contribution in [0.4, 0.5) is 5.69 Å². The van der Waals surface area contributed by atoms with E-state index >= 15 is 0 Å². The predicted octanol–water partition coefficient (Wildman–Crippen LogP) is 3.58. The van der Waals surface area contributed by atoms with Gasteiger partial charge in [0, 0.05) is 12.1 Å². The normalized spacial score (nSPS) is 35.4. The number of ether oxygens (including phenoxy) is 1. The monoisotopic (exact) mass is 301 g/mol. The van der Waals surface area contributed by atoms with Gasteiger partial charge in [0.15, 0.2) is 0 Å². The molecule has 4 aliphatic rings. The van der Waals surface area contributed by atoms with Crippen molar-refractivity contribution < 1.29 is 14.5 Å². The molecule has 0 heterocycles. The van der Waals surface area contributed by atoms with Crippen molar-refractivity contribution in [3.05, 3.63) is 39.9 Å². The van der Waals surface area contributed by atoms with Gasteiger partial charge in [-0.1, -0.05) is 6.07 Å². The van der Waals surface area contributed by atoms with E-state index in [2.05, 4.69) is 0 Å². The third-order valence-corrected chi connectivity index (χ3v) is 5.68. The molecule has 0 unspecified atom stereocenters. The van der Waals surface area contributed by atoms with Crippen molar-refractivity contribution >= 4 is 11.7 Å². The summed E-state index contributed by atoms with van der Waals surface area (Å²) in [5.41, 5.74) is 0.211. The van der Waals surface area contributed by atoms with Crippen LogP contribution in [-0.2, 0) is 4.74 Å². The summed E-state index contributed by atoms with van der Waals surface area (Å²) in [6, 6.07) is 5.81. The summed E-state index contributed by atoms with van der Waals surface area (Å²) in [6.45, 7) is 0. The number of carbonyl (C=O) groups is 1. The molecule has 0 amide bonds. The van der Waals surface area contributed by atoms with E-state index in [4.69, 9.17) is 4.74 Å². The highest BCUT2D eigenvalue weighted by atomic mass is 16.6. The van der Waals surface area contributed by atoms with Crippen molar-refractivity contribution in [3.8, 4) is 0 Å². The second kappa shape index (κ2) is 5.07. The molecule has 116 valence electrons. The maximum absolute atomic E-state index is 12.4. The fraction of sp³-hybridized carbons (Fsp3) is 0.588. The number of non-ortho nitro benzene ring substituents is 1. The first-order valence-electron chi connectivity index (χ1n) is 8.05. The lowest BCUT2D eigenvalue weighted by molar-refractivity contribution is -0.384. The van der Waals surface area contributed by atoms with E-state index in [9.17, 15) is 14.9 Å². The Kier molecular flexibility index (Phi) is 3.17. The van der Waals surface area contributed by atoms with Crippen LogP contribution in [0.15, 0.2) is 24.3 Å². The first-order valence-corrected chi connectivity index (χ1v) is 8.05. The van der Waals surface area contributed by atoms with Crippen LogP contribution in [0.2, 0.25) is 0 Å². The number of carbonyl (C=O) groups excluding carboxylic acids is 1. The molecule has 0 aromatic heterocycles. The quantitative estimate of drug-likeness (QED) is 0.486. The van der Waals surface area contributed by atoms with Gasteiger partial charge in [0.05, 0.1) is 10.5 Å². The molecule has 0 N–H and O–H groups in total. The lowest BCUT2D eigenvalue weighted by Crippen LogP contribution is -2.50. The number of rotatable bonds is 3. The molecule has 0 saturated heterocycles. The van der Waals surface area contributed by atoms with Gasteiger partial charge in [0.2, 0.25) is 0 Å². The van der Waals surface area contributed by atoms with Gasteiger partial charge in [-0.15, -0.1) is 0 Å². The number of nitro benzene ring substituents is 1. The van der Waals surface area contributed by atoms with Gasteiger partial charge in [0.1, 0.15) is 6.10 Å². The van der Waals surface area contributed by atoms with E-state index in [1.54, 1.807) is 6.07 Å². The highest BCUT2D eigenvalue weighted by Crippen LogP contribution is 2.54. The van der Waals surface area contributed by atoms with Crippen LogP contribution in [0.1, 0.15) is 42.5 Å². The fourth-order valence-corrected chi connectivity index (χ4v) is 5.01. The summed E-state index contributed by atoms with van der Waals surface area (Å²) in [6.07, 6.45) is 6.09. The Labute approximate surface area is 128 Å². The number of benzene rings is 1. The van der Waals surface area contributed by atoms with Gasteiger partial charge in [-0.2, -0.15) is 0 Å². The molecule has 4 saturated carbocycles. The maximum Gasteiger partial charge on any atom is 0.338 e. The number of nitrogens with zero attached hydrogens (tertiary/aromatic N) is 1. The standard InChI is InChI=1S/C17H19NO4/c19-17(12-2-1-3-15(9-12)18(20)21)22-16-13-5-10-4-11(7-13)8-14(16)6-10/h1-3,9-11,13-14,16H,4-8H2. The number of hydrogen-bond donors (Lipinski definition) is 0. The lowest BCUT2D eigenvalue weighted by atomic mass is 9.55. The average Bonchev–Trinajstić information content (AvgIpc) is 2.50. The Morgan fingerprint density at radius 2 is 1.73 bits per heavy atom. The van der Waals surface area contributed by atoms with Crippen LogP contribution in [0, 0.1) is 33.8 Å². The zero-order chi connectivity index (χ0) is 15.3. The predicted molar refractivity (Wildman–Crippen MR) is 79.3 cm³/mol.